The molecule has 0 rings (SSSR count). The molecule has 0 heterocycles. The molecular weight excluding hydrogens is 731 g/mol. The molecule has 3 atom stereocenters. The number of amides is 1. The first-order chi connectivity index (χ1) is 29.0. The molecule has 0 aromatic heterocycles. The minimum Gasteiger partial charge on any atom is -0.462 e. The van der Waals surface area contributed by atoms with Gasteiger partial charge in [0.25, 0.3) is 0 Å². The van der Waals surface area contributed by atoms with E-state index in [1.165, 1.54) is 141 Å². The summed E-state index contributed by atoms with van der Waals surface area (Å²) in [4.78, 5) is 26.1. The standard InChI is InChI=1S/C53H99NO5/c1-4-7-10-13-16-19-22-24-25-26-27-28-30-32-35-38-41-44-49(59-53(58)46-43-40-37-34-31-23-20-17-14-11-8-5-2)47-52(57)54-50(48-55)51(56)45-42-39-36-33-29-21-18-15-12-9-6-3/h16-17,19-20,24-25,49-51,55-56H,4-15,18,21-23,26-48H2,1-3H3,(H,54,57)/b19-16-,20-17-,25-24-. The van der Waals surface area contributed by atoms with Gasteiger partial charge in [0.2, 0.25) is 5.91 Å². The fourth-order valence-corrected chi connectivity index (χ4v) is 7.75. The highest BCUT2D eigenvalue weighted by molar-refractivity contribution is 5.77. The van der Waals surface area contributed by atoms with Crippen LogP contribution in [0.5, 0.6) is 0 Å². The summed E-state index contributed by atoms with van der Waals surface area (Å²) in [6.45, 7) is 6.43. The van der Waals surface area contributed by atoms with E-state index in [2.05, 4.69) is 62.5 Å². The third-order valence-electron chi connectivity index (χ3n) is 11.7. The van der Waals surface area contributed by atoms with E-state index in [9.17, 15) is 19.8 Å². The Morgan fingerprint density at radius 2 is 0.864 bits per heavy atom. The monoisotopic (exact) mass is 830 g/mol. The summed E-state index contributed by atoms with van der Waals surface area (Å²) in [5, 5.41) is 23.7. The summed E-state index contributed by atoms with van der Waals surface area (Å²) in [5.74, 6) is -0.485. The van der Waals surface area contributed by atoms with Crippen molar-refractivity contribution >= 4 is 11.9 Å². The summed E-state index contributed by atoms with van der Waals surface area (Å²) in [7, 11) is 0. The average molecular weight is 830 g/mol. The van der Waals surface area contributed by atoms with Crippen molar-refractivity contribution in [1.29, 1.82) is 0 Å². The van der Waals surface area contributed by atoms with Gasteiger partial charge in [0.05, 0.1) is 25.2 Å². The molecule has 0 bridgehead atoms. The predicted molar refractivity (Wildman–Crippen MR) is 255 cm³/mol. The van der Waals surface area contributed by atoms with E-state index >= 15 is 0 Å². The fourth-order valence-electron chi connectivity index (χ4n) is 7.75. The third-order valence-corrected chi connectivity index (χ3v) is 11.7. The topological polar surface area (TPSA) is 95.9 Å². The van der Waals surface area contributed by atoms with E-state index in [4.69, 9.17) is 4.74 Å². The van der Waals surface area contributed by atoms with Crippen molar-refractivity contribution in [2.45, 2.75) is 283 Å². The summed E-state index contributed by atoms with van der Waals surface area (Å²) >= 11 is 0. The van der Waals surface area contributed by atoms with Gasteiger partial charge in [0.15, 0.2) is 0 Å². The molecule has 0 aliphatic heterocycles. The molecule has 0 aromatic rings. The first-order valence-corrected chi connectivity index (χ1v) is 25.7. The smallest absolute Gasteiger partial charge is 0.306 e. The van der Waals surface area contributed by atoms with Crippen LogP contribution in [0.15, 0.2) is 36.5 Å². The number of rotatable bonds is 46. The average Bonchev–Trinajstić information content (AvgIpc) is 3.23. The molecule has 0 saturated carbocycles. The maximum Gasteiger partial charge on any atom is 0.306 e. The van der Waals surface area contributed by atoms with Crippen LogP contribution >= 0.6 is 0 Å². The summed E-state index contributed by atoms with van der Waals surface area (Å²) in [6.07, 6.45) is 54.8. The minimum absolute atomic E-state index is 0.0710. The largest absolute Gasteiger partial charge is 0.462 e. The molecule has 59 heavy (non-hydrogen) atoms. The second-order valence-corrected chi connectivity index (χ2v) is 17.6. The number of aliphatic hydroxyl groups is 2. The van der Waals surface area contributed by atoms with Crippen LogP contribution in [0.25, 0.3) is 0 Å². The number of hydrogen-bond acceptors (Lipinski definition) is 5. The zero-order chi connectivity index (χ0) is 43.1. The molecule has 0 spiro atoms. The van der Waals surface area contributed by atoms with Gasteiger partial charge in [0.1, 0.15) is 6.10 Å². The zero-order valence-corrected chi connectivity index (χ0v) is 39.4. The maximum absolute atomic E-state index is 13.2. The second kappa shape index (κ2) is 47.1. The summed E-state index contributed by atoms with van der Waals surface area (Å²) in [5.41, 5.74) is 0. The molecule has 3 N–H and O–H groups in total. The van der Waals surface area contributed by atoms with Crippen LogP contribution < -0.4 is 5.32 Å². The molecule has 0 saturated heterocycles. The van der Waals surface area contributed by atoms with E-state index < -0.39 is 18.2 Å². The number of carbonyl (C=O) groups is 2. The van der Waals surface area contributed by atoms with Crippen molar-refractivity contribution < 1.29 is 24.5 Å². The SMILES string of the molecule is CCCCC/C=C\C/C=C\CCCCCCCCCC(CC(=O)NC(CO)C(O)CCCCCCCCCCCCC)OC(=O)CCCCCCC/C=C\CCCCC. The second-order valence-electron chi connectivity index (χ2n) is 17.6. The molecule has 0 aromatic carbocycles. The normalized spacial score (nSPS) is 13.5. The first kappa shape index (κ1) is 57.1. The van der Waals surface area contributed by atoms with Crippen LogP contribution in [-0.2, 0) is 14.3 Å². The van der Waals surface area contributed by atoms with Crippen LogP contribution in [0.4, 0.5) is 0 Å². The van der Waals surface area contributed by atoms with Crippen LogP contribution in [0.3, 0.4) is 0 Å². The van der Waals surface area contributed by atoms with Crippen molar-refractivity contribution in [2.75, 3.05) is 6.61 Å². The molecule has 1 amide bonds. The Hall–Kier alpha value is -1.92. The van der Waals surface area contributed by atoms with E-state index in [1.807, 2.05) is 0 Å². The number of allylic oxidation sites excluding steroid dienone is 6. The lowest BCUT2D eigenvalue weighted by Gasteiger charge is -2.24. The van der Waals surface area contributed by atoms with Crippen molar-refractivity contribution in [3.05, 3.63) is 36.5 Å². The Labute approximate surface area is 366 Å². The van der Waals surface area contributed by atoms with Gasteiger partial charge in [0, 0.05) is 6.42 Å². The van der Waals surface area contributed by atoms with Gasteiger partial charge < -0.3 is 20.3 Å². The fraction of sp³-hybridized carbons (Fsp3) is 0.849. The Bertz CT molecular complexity index is 977. The lowest BCUT2D eigenvalue weighted by Crippen LogP contribution is -2.46. The van der Waals surface area contributed by atoms with Crippen molar-refractivity contribution in [2.24, 2.45) is 0 Å². The van der Waals surface area contributed by atoms with Gasteiger partial charge in [-0.05, 0) is 83.5 Å². The quantitative estimate of drug-likeness (QED) is 0.0323. The highest BCUT2D eigenvalue weighted by Gasteiger charge is 2.24. The Morgan fingerprint density at radius 3 is 1.34 bits per heavy atom. The molecule has 0 radical (unpaired) electrons. The molecule has 346 valence electrons. The van der Waals surface area contributed by atoms with E-state index in [0.29, 0.717) is 19.3 Å². The zero-order valence-electron chi connectivity index (χ0n) is 39.4. The molecule has 6 heteroatoms. The third kappa shape index (κ3) is 42.6. The summed E-state index contributed by atoms with van der Waals surface area (Å²) in [6, 6.07) is -0.703. The molecule has 6 nitrogen and oxygen atoms in total. The highest BCUT2D eigenvalue weighted by atomic mass is 16.5. The van der Waals surface area contributed by atoms with Crippen LogP contribution in [0.2, 0.25) is 0 Å². The van der Waals surface area contributed by atoms with Gasteiger partial charge >= 0.3 is 5.97 Å². The predicted octanol–water partition coefficient (Wildman–Crippen LogP) is 15.3. The molecular formula is C53H99NO5. The lowest BCUT2D eigenvalue weighted by atomic mass is 10.0. The molecule has 0 fully saturated rings. The van der Waals surface area contributed by atoms with Gasteiger partial charge in [-0.2, -0.15) is 0 Å². The van der Waals surface area contributed by atoms with Crippen molar-refractivity contribution in [3.63, 3.8) is 0 Å². The Kier molecular flexibility index (Phi) is 45.6. The van der Waals surface area contributed by atoms with E-state index in [0.717, 1.165) is 77.0 Å². The van der Waals surface area contributed by atoms with Gasteiger partial charge in [-0.3, -0.25) is 9.59 Å². The number of carbonyl (C=O) groups excluding carboxylic acids is 2. The number of hydrogen-bond donors (Lipinski definition) is 3. The summed E-state index contributed by atoms with van der Waals surface area (Å²) < 4.78 is 5.93. The van der Waals surface area contributed by atoms with Crippen LogP contribution in [0, 0.1) is 0 Å². The number of unbranched alkanes of at least 4 members (excludes halogenated alkanes) is 28. The van der Waals surface area contributed by atoms with Crippen molar-refractivity contribution in [1.82, 2.24) is 5.32 Å². The number of esters is 1. The molecule has 0 aliphatic rings. The van der Waals surface area contributed by atoms with Crippen LogP contribution in [-0.4, -0.2) is 46.9 Å². The van der Waals surface area contributed by atoms with Gasteiger partial charge in [-0.1, -0.05) is 205 Å². The number of ether oxygens (including phenoxy) is 1. The van der Waals surface area contributed by atoms with Crippen molar-refractivity contribution in [3.8, 4) is 0 Å². The van der Waals surface area contributed by atoms with E-state index in [-0.39, 0.29) is 24.9 Å². The Morgan fingerprint density at radius 1 is 0.492 bits per heavy atom. The molecule has 3 unspecified atom stereocenters. The number of nitrogens with one attached hydrogen (secondary N) is 1. The van der Waals surface area contributed by atoms with Crippen LogP contribution in [0.1, 0.15) is 265 Å². The first-order valence-electron chi connectivity index (χ1n) is 25.7. The van der Waals surface area contributed by atoms with E-state index in [1.54, 1.807) is 0 Å². The molecule has 0 aliphatic carbocycles. The Balaban J connectivity index is 4.60. The lowest BCUT2D eigenvalue weighted by molar-refractivity contribution is -0.151. The minimum atomic E-state index is -0.788. The highest BCUT2D eigenvalue weighted by Crippen LogP contribution is 2.18. The maximum atomic E-state index is 13.2. The van der Waals surface area contributed by atoms with Gasteiger partial charge in [-0.15, -0.1) is 0 Å². The van der Waals surface area contributed by atoms with Gasteiger partial charge in [-0.25, -0.2) is 0 Å². The number of aliphatic hydroxyl groups excluding tert-OH is 2.